The van der Waals surface area contributed by atoms with Gasteiger partial charge in [0.25, 0.3) is 0 Å². The van der Waals surface area contributed by atoms with Crippen molar-refractivity contribution in [1.82, 2.24) is 15.0 Å². The minimum Gasteiger partial charge on any atom is -0.483 e. The molecule has 0 radical (unpaired) electrons. The predicted octanol–water partition coefficient (Wildman–Crippen LogP) is 3.09. The van der Waals surface area contributed by atoms with Gasteiger partial charge in [0.15, 0.2) is 11.5 Å². The fourth-order valence-corrected chi connectivity index (χ4v) is 2.78. The van der Waals surface area contributed by atoms with Gasteiger partial charge in [-0.15, -0.1) is 5.10 Å². The lowest BCUT2D eigenvalue weighted by molar-refractivity contribution is -0.144. The van der Waals surface area contributed by atoms with E-state index in [0.29, 0.717) is 17.9 Å². The standard InChI is InChI=1S/C22H23N3O5/c1-3-25-19(13-23-24-25)15-28-21-11-18(9-10-20(21)30-16(2)26)14-29-22(27)12-17-7-5-4-6-8-17/h4-11,13H,3,12,14-15H2,1-2H3. The fourth-order valence-electron chi connectivity index (χ4n) is 2.78. The molecule has 1 aromatic heterocycles. The van der Waals surface area contributed by atoms with E-state index in [2.05, 4.69) is 10.3 Å². The maximum Gasteiger partial charge on any atom is 0.310 e. The van der Waals surface area contributed by atoms with Crippen LogP contribution in [0, 0.1) is 0 Å². The van der Waals surface area contributed by atoms with Gasteiger partial charge in [-0.1, -0.05) is 41.6 Å². The molecule has 0 amide bonds. The topological polar surface area (TPSA) is 92.5 Å². The molecule has 3 aromatic rings. The molecule has 2 aromatic carbocycles. The Balaban J connectivity index is 1.66. The van der Waals surface area contributed by atoms with Crippen LogP contribution in [0.5, 0.6) is 11.5 Å². The molecule has 3 rings (SSSR count). The van der Waals surface area contributed by atoms with E-state index >= 15 is 0 Å². The molecule has 0 bridgehead atoms. The molecule has 0 spiro atoms. The number of ether oxygens (including phenoxy) is 3. The molecule has 8 nitrogen and oxygen atoms in total. The van der Waals surface area contributed by atoms with E-state index in [9.17, 15) is 9.59 Å². The normalized spacial score (nSPS) is 10.5. The number of benzene rings is 2. The molecular formula is C22H23N3O5. The van der Waals surface area contributed by atoms with Gasteiger partial charge in [-0.3, -0.25) is 9.59 Å². The van der Waals surface area contributed by atoms with Crippen LogP contribution < -0.4 is 9.47 Å². The highest BCUT2D eigenvalue weighted by atomic mass is 16.6. The molecule has 0 N–H and O–H groups in total. The molecular weight excluding hydrogens is 386 g/mol. The van der Waals surface area contributed by atoms with Crippen LogP contribution in [0.15, 0.2) is 54.7 Å². The van der Waals surface area contributed by atoms with Crippen LogP contribution in [-0.4, -0.2) is 26.9 Å². The van der Waals surface area contributed by atoms with Gasteiger partial charge < -0.3 is 14.2 Å². The van der Waals surface area contributed by atoms with Crippen LogP contribution in [-0.2, 0) is 40.5 Å². The molecule has 0 unspecified atom stereocenters. The van der Waals surface area contributed by atoms with Crippen molar-refractivity contribution in [2.45, 2.75) is 40.0 Å². The Morgan fingerprint density at radius 3 is 2.53 bits per heavy atom. The number of esters is 2. The zero-order chi connectivity index (χ0) is 21.3. The van der Waals surface area contributed by atoms with E-state index in [1.807, 2.05) is 37.3 Å². The van der Waals surface area contributed by atoms with E-state index in [4.69, 9.17) is 14.2 Å². The van der Waals surface area contributed by atoms with Crippen LogP contribution in [0.4, 0.5) is 0 Å². The summed E-state index contributed by atoms with van der Waals surface area (Å²) in [5, 5.41) is 7.83. The van der Waals surface area contributed by atoms with Crippen molar-refractivity contribution < 1.29 is 23.8 Å². The van der Waals surface area contributed by atoms with Gasteiger partial charge in [-0.25, -0.2) is 4.68 Å². The quantitative estimate of drug-likeness (QED) is 0.396. The molecule has 0 saturated heterocycles. The highest BCUT2D eigenvalue weighted by Gasteiger charge is 2.13. The number of hydrogen-bond donors (Lipinski definition) is 0. The summed E-state index contributed by atoms with van der Waals surface area (Å²) in [7, 11) is 0. The summed E-state index contributed by atoms with van der Waals surface area (Å²) in [4.78, 5) is 23.5. The van der Waals surface area contributed by atoms with Crippen molar-refractivity contribution in [1.29, 1.82) is 0 Å². The van der Waals surface area contributed by atoms with Gasteiger partial charge in [0, 0.05) is 13.5 Å². The van der Waals surface area contributed by atoms with Gasteiger partial charge >= 0.3 is 11.9 Å². The van der Waals surface area contributed by atoms with Gasteiger partial charge in [-0.05, 0) is 30.2 Å². The van der Waals surface area contributed by atoms with Crippen LogP contribution in [0.2, 0.25) is 0 Å². The summed E-state index contributed by atoms with van der Waals surface area (Å²) in [6.07, 6.45) is 1.81. The van der Waals surface area contributed by atoms with Crippen molar-refractivity contribution in [3.63, 3.8) is 0 Å². The summed E-state index contributed by atoms with van der Waals surface area (Å²) >= 11 is 0. The van der Waals surface area contributed by atoms with Crippen LogP contribution in [0.3, 0.4) is 0 Å². The molecule has 0 aliphatic heterocycles. The molecule has 0 fully saturated rings. The zero-order valence-electron chi connectivity index (χ0n) is 16.9. The maximum atomic E-state index is 12.1. The molecule has 156 valence electrons. The number of nitrogens with zero attached hydrogens (tertiary/aromatic N) is 3. The minimum absolute atomic E-state index is 0.0802. The average Bonchev–Trinajstić information content (AvgIpc) is 3.20. The number of aryl methyl sites for hydroxylation is 1. The van der Waals surface area contributed by atoms with Crippen molar-refractivity contribution in [3.8, 4) is 11.5 Å². The van der Waals surface area contributed by atoms with E-state index in [1.165, 1.54) is 6.92 Å². The molecule has 0 saturated carbocycles. The molecule has 30 heavy (non-hydrogen) atoms. The average molecular weight is 409 g/mol. The monoisotopic (exact) mass is 409 g/mol. The van der Waals surface area contributed by atoms with Crippen LogP contribution in [0.25, 0.3) is 0 Å². The van der Waals surface area contributed by atoms with Crippen LogP contribution >= 0.6 is 0 Å². The number of carbonyl (C=O) groups is 2. The Hall–Kier alpha value is -3.68. The summed E-state index contributed by atoms with van der Waals surface area (Å²) in [6, 6.07) is 14.4. The Labute approximate surface area is 174 Å². The van der Waals surface area contributed by atoms with Crippen molar-refractivity contribution in [3.05, 3.63) is 71.5 Å². The van der Waals surface area contributed by atoms with Crippen molar-refractivity contribution >= 4 is 11.9 Å². The van der Waals surface area contributed by atoms with Crippen molar-refractivity contribution in [2.24, 2.45) is 0 Å². The molecule has 0 aliphatic carbocycles. The molecule has 0 aliphatic rings. The number of carbonyl (C=O) groups excluding carboxylic acids is 2. The summed E-state index contributed by atoms with van der Waals surface area (Å²) in [5.41, 5.74) is 2.38. The lowest BCUT2D eigenvalue weighted by Crippen LogP contribution is -2.10. The summed E-state index contributed by atoms with van der Waals surface area (Å²) in [5.74, 6) is -0.129. The molecule has 1 heterocycles. The largest absolute Gasteiger partial charge is 0.483 e. The first-order chi connectivity index (χ1) is 14.5. The van der Waals surface area contributed by atoms with Gasteiger partial charge in [0.2, 0.25) is 0 Å². The van der Waals surface area contributed by atoms with Gasteiger partial charge in [0.05, 0.1) is 18.3 Å². The number of rotatable bonds is 9. The van der Waals surface area contributed by atoms with Crippen LogP contribution in [0.1, 0.15) is 30.7 Å². The summed E-state index contributed by atoms with van der Waals surface area (Å²) < 4.78 is 18.1. The fraction of sp³-hybridized carbons (Fsp3) is 0.273. The van der Waals surface area contributed by atoms with E-state index < -0.39 is 5.97 Å². The van der Waals surface area contributed by atoms with Gasteiger partial charge in [-0.2, -0.15) is 0 Å². The first-order valence-electron chi connectivity index (χ1n) is 9.56. The highest BCUT2D eigenvalue weighted by molar-refractivity contribution is 5.72. The second-order valence-corrected chi connectivity index (χ2v) is 6.53. The number of aromatic nitrogens is 3. The zero-order valence-corrected chi connectivity index (χ0v) is 16.9. The minimum atomic E-state index is -0.456. The van der Waals surface area contributed by atoms with Crippen molar-refractivity contribution in [2.75, 3.05) is 0 Å². The third kappa shape index (κ3) is 5.91. The molecule has 0 atom stereocenters. The first-order valence-corrected chi connectivity index (χ1v) is 9.56. The Morgan fingerprint density at radius 2 is 1.80 bits per heavy atom. The Bertz CT molecular complexity index is 1000. The summed E-state index contributed by atoms with van der Waals surface area (Å²) in [6.45, 7) is 4.21. The Kier molecular flexibility index (Phi) is 7.15. The maximum absolute atomic E-state index is 12.1. The second kappa shape index (κ2) is 10.2. The highest BCUT2D eigenvalue weighted by Crippen LogP contribution is 2.30. The van der Waals surface area contributed by atoms with E-state index in [-0.39, 0.29) is 31.4 Å². The number of hydrogen-bond acceptors (Lipinski definition) is 7. The van der Waals surface area contributed by atoms with E-state index in [1.54, 1.807) is 29.1 Å². The lowest BCUT2D eigenvalue weighted by atomic mass is 10.1. The SMILES string of the molecule is CCn1nncc1COc1cc(COC(=O)Cc2ccccc2)ccc1OC(C)=O. The molecule has 8 heteroatoms. The smallest absolute Gasteiger partial charge is 0.310 e. The first kappa shape index (κ1) is 21.0. The van der Waals surface area contributed by atoms with E-state index in [0.717, 1.165) is 11.3 Å². The Morgan fingerprint density at radius 1 is 1.00 bits per heavy atom. The van der Waals surface area contributed by atoms with Gasteiger partial charge in [0.1, 0.15) is 13.2 Å². The third-order valence-corrected chi connectivity index (χ3v) is 4.23. The predicted molar refractivity (Wildman–Crippen MR) is 108 cm³/mol. The second-order valence-electron chi connectivity index (χ2n) is 6.53. The lowest BCUT2D eigenvalue weighted by Gasteiger charge is -2.13. The third-order valence-electron chi connectivity index (χ3n) is 4.23.